The maximum atomic E-state index is 12.5. The van der Waals surface area contributed by atoms with Gasteiger partial charge in [0.1, 0.15) is 5.75 Å². The summed E-state index contributed by atoms with van der Waals surface area (Å²) in [6.07, 6.45) is -0.147. The van der Waals surface area contributed by atoms with Crippen molar-refractivity contribution in [3.05, 3.63) is 29.8 Å². The molecule has 1 aromatic rings. The average Bonchev–Trinajstić information content (AvgIpc) is 2.90. The van der Waals surface area contributed by atoms with Crippen molar-refractivity contribution in [2.45, 2.75) is 18.6 Å². The molecule has 2 atom stereocenters. The average molecular weight is 277 g/mol. The van der Waals surface area contributed by atoms with Gasteiger partial charge in [0.15, 0.2) is 12.1 Å². The Morgan fingerprint density at radius 1 is 1.30 bits per heavy atom. The number of carboxylic acid groups (broad SMARTS) is 1. The summed E-state index contributed by atoms with van der Waals surface area (Å²) in [7, 11) is 0. The van der Waals surface area contributed by atoms with E-state index in [1.165, 1.54) is 4.90 Å². The maximum Gasteiger partial charge on any atom is 0.328 e. The molecule has 6 nitrogen and oxygen atoms in total. The number of carboxylic acids is 1. The van der Waals surface area contributed by atoms with Crippen molar-refractivity contribution < 1.29 is 24.2 Å². The van der Waals surface area contributed by atoms with Crippen molar-refractivity contribution in [2.24, 2.45) is 0 Å². The van der Waals surface area contributed by atoms with E-state index in [1.807, 2.05) is 24.3 Å². The van der Waals surface area contributed by atoms with E-state index >= 15 is 0 Å². The Kier molecular flexibility index (Phi) is 3.31. The van der Waals surface area contributed by atoms with Gasteiger partial charge in [-0.25, -0.2) is 4.79 Å². The maximum absolute atomic E-state index is 12.5. The van der Waals surface area contributed by atoms with Crippen molar-refractivity contribution in [1.82, 2.24) is 4.90 Å². The number of ether oxygens (including phenoxy) is 2. The number of morpholine rings is 1. The van der Waals surface area contributed by atoms with Crippen molar-refractivity contribution in [1.29, 1.82) is 0 Å². The van der Waals surface area contributed by atoms with Crippen LogP contribution in [0.3, 0.4) is 0 Å². The molecule has 0 unspecified atom stereocenters. The van der Waals surface area contributed by atoms with E-state index in [-0.39, 0.29) is 19.1 Å². The molecule has 1 aromatic carbocycles. The van der Waals surface area contributed by atoms with E-state index in [2.05, 4.69) is 0 Å². The first-order valence-corrected chi connectivity index (χ1v) is 6.52. The van der Waals surface area contributed by atoms with Gasteiger partial charge >= 0.3 is 5.97 Å². The molecule has 2 aliphatic heterocycles. The number of carbonyl (C=O) groups is 2. The lowest BCUT2D eigenvalue weighted by molar-refractivity contribution is -0.161. The minimum atomic E-state index is -1.05. The standard InChI is InChI=1S/C14H15NO5/c16-13(15-5-6-19-8-10(15)14(17)18)12-7-9-3-1-2-4-11(9)20-12/h1-4,10,12H,5-8H2,(H,17,18)/t10-,12+/m0/s1. The highest BCUT2D eigenvalue weighted by molar-refractivity contribution is 5.87. The Balaban J connectivity index is 1.75. The molecular formula is C14H15NO5. The summed E-state index contributed by atoms with van der Waals surface area (Å²) in [6.45, 7) is 0.669. The fourth-order valence-corrected chi connectivity index (χ4v) is 2.58. The van der Waals surface area contributed by atoms with Crippen LogP contribution in [-0.4, -0.2) is 53.8 Å². The van der Waals surface area contributed by atoms with Crippen LogP contribution < -0.4 is 4.74 Å². The van der Waals surface area contributed by atoms with Gasteiger partial charge in [-0.3, -0.25) is 4.79 Å². The van der Waals surface area contributed by atoms with Crippen LogP contribution >= 0.6 is 0 Å². The first-order valence-electron chi connectivity index (χ1n) is 6.52. The van der Waals surface area contributed by atoms with Crippen LogP contribution in [-0.2, 0) is 20.7 Å². The van der Waals surface area contributed by atoms with E-state index in [0.29, 0.717) is 18.8 Å². The predicted molar refractivity (Wildman–Crippen MR) is 68.5 cm³/mol. The Labute approximate surface area is 115 Å². The molecule has 0 aliphatic carbocycles. The molecule has 1 amide bonds. The number of carbonyl (C=O) groups excluding carboxylic acids is 1. The predicted octanol–water partition coefficient (Wildman–Crippen LogP) is 0.302. The SMILES string of the molecule is O=C(O)[C@@H]1COCCN1C(=O)[C@H]1Cc2ccccc2O1. The number of amides is 1. The number of nitrogens with zero attached hydrogens (tertiary/aromatic N) is 1. The highest BCUT2D eigenvalue weighted by Crippen LogP contribution is 2.29. The lowest BCUT2D eigenvalue weighted by Crippen LogP contribution is -2.56. The van der Waals surface area contributed by atoms with Crippen LogP contribution in [0.25, 0.3) is 0 Å². The van der Waals surface area contributed by atoms with Gasteiger partial charge in [0.2, 0.25) is 0 Å². The first kappa shape index (κ1) is 12.9. The molecule has 2 aliphatic rings. The second-order valence-corrected chi connectivity index (χ2v) is 4.88. The number of hydrogen-bond acceptors (Lipinski definition) is 4. The van der Waals surface area contributed by atoms with Crippen molar-refractivity contribution in [2.75, 3.05) is 19.8 Å². The monoisotopic (exact) mass is 277 g/mol. The topological polar surface area (TPSA) is 76.1 Å². The van der Waals surface area contributed by atoms with Gasteiger partial charge in [0, 0.05) is 13.0 Å². The van der Waals surface area contributed by atoms with Gasteiger partial charge < -0.3 is 19.5 Å². The van der Waals surface area contributed by atoms with Crippen molar-refractivity contribution >= 4 is 11.9 Å². The molecule has 1 saturated heterocycles. The molecule has 1 N–H and O–H groups in total. The Bertz CT molecular complexity index is 519. The first-order chi connectivity index (χ1) is 9.66. The third-order valence-corrected chi connectivity index (χ3v) is 3.62. The van der Waals surface area contributed by atoms with Gasteiger partial charge in [-0.1, -0.05) is 18.2 Å². The second-order valence-electron chi connectivity index (χ2n) is 4.88. The van der Waals surface area contributed by atoms with Gasteiger partial charge in [-0.05, 0) is 11.6 Å². The lowest BCUT2D eigenvalue weighted by atomic mass is 10.1. The van der Waals surface area contributed by atoms with Crippen LogP contribution in [0.5, 0.6) is 5.75 Å². The fourth-order valence-electron chi connectivity index (χ4n) is 2.58. The minimum Gasteiger partial charge on any atom is -0.480 e. The van der Waals surface area contributed by atoms with Crippen molar-refractivity contribution in [3.63, 3.8) is 0 Å². The van der Waals surface area contributed by atoms with E-state index in [0.717, 1.165) is 5.56 Å². The van der Waals surface area contributed by atoms with Crippen LogP contribution in [0.1, 0.15) is 5.56 Å². The summed E-state index contributed by atoms with van der Waals surface area (Å²) < 4.78 is 10.8. The van der Waals surface area contributed by atoms with Crippen LogP contribution in [0.15, 0.2) is 24.3 Å². The fraction of sp³-hybridized carbons (Fsp3) is 0.429. The minimum absolute atomic E-state index is 0.0285. The molecule has 3 rings (SSSR count). The Morgan fingerprint density at radius 3 is 2.85 bits per heavy atom. The zero-order valence-corrected chi connectivity index (χ0v) is 10.8. The second kappa shape index (κ2) is 5.13. The summed E-state index contributed by atoms with van der Waals surface area (Å²) in [5, 5.41) is 9.16. The molecular weight excluding hydrogens is 262 g/mol. The number of para-hydroxylation sites is 1. The molecule has 0 saturated carbocycles. The molecule has 6 heteroatoms. The Hall–Kier alpha value is -2.08. The molecule has 0 radical (unpaired) electrons. The van der Waals surface area contributed by atoms with Crippen molar-refractivity contribution in [3.8, 4) is 5.75 Å². The number of aliphatic carboxylic acids is 1. The Morgan fingerprint density at radius 2 is 2.10 bits per heavy atom. The smallest absolute Gasteiger partial charge is 0.328 e. The molecule has 20 heavy (non-hydrogen) atoms. The molecule has 1 fully saturated rings. The summed E-state index contributed by atoms with van der Waals surface area (Å²) in [5.74, 6) is -0.628. The molecule has 0 bridgehead atoms. The molecule has 0 aromatic heterocycles. The molecule has 0 spiro atoms. The van der Waals surface area contributed by atoms with E-state index < -0.39 is 18.1 Å². The van der Waals surface area contributed by atoms with Crippen LogP contribution in [0.4, 0.5) is 0 Å². The number of rotatable bonds is 2. The zero-order valence-electron chi connectivity index (χ0n) is 10.8. The summed E-state index contributed by atoms with van der Waals surface area (Å²) in [6, 6.07) is 6.54. The summed E-state index contributed by atoms with van der Waals surface area (Å²) in [4.78, 5) is 25.0. The van der Waals surface area contributed by atoms with Gasteiger partial charge in [-0.15, -0.1) is 0 Å². The van der Waals surface area contributed by atoms with E-state index in [9.17, 15) is 9.59 Å². The van der Waals surface area contributed by atoms with Gasteiger partial charge in [0.05, 0.1) is 13.2 Å². The lowest BCUT2D eigenvalue weighted by Gasteiger charge is -2.34. The summed E-state index contributed by atoms with van der Waals surface area (Å²) in [5.41, 5.74) is 0.978. The van der Waals surface area contributed by atoms with Gasteiger partial charge in [0.25, 0.3) is 5.91 Å². The largest absolute Gasteiger partial charge is 0.480 e. The van der Waals surface area contributed by atoms with Gasteiger partial charge in [-0.2, -0.15) is 0 Å². The highest BCUT2D eigenvalue weighted by Gasteiger charge is 2.39. The van der Waals surface area contributed by atoms with Crippen LogP contribution in [0.2, 0.25) is 0 Å². The molecule has 106 valence electrons. The summed E-state index contributed by atoms with van der Waals surface area (Å²) >= 11 is 0. The number of fused-ring (bicyclic) bond motifs is 1. The number of hydrogen-bond donors (Lipinski definition) is 1. The zero-order chi connectivity index (χ0) is 14.1. The normalized spacial score (nSPS) is 24.9. The number of benzene rings is 1. The van der Waals surface area contributed by atoms with Crippen LogP contribution in [0, 0.1) is 0 Å². The molecule has 2 heterocycles. The van der Waals surface area contributed by atoms with E-state index in [4.69, 9.17) is 14.6 Å². The third-order valence-electron chi connectivity index (χ3n) is 3.62. The third kappa shape index (κ3) is 2.22. The quantitative estimate of drug-likeness (QED) is 0.841. The highest BCUT2D eigenvalue weighted by atomic mass is 16.5. The van der Waals surface area contributed by atoms with E-state index in [1.54, 1.807) is 0 Å².